The molecule has 4 aromatic rings. The Morgan fingerprint density at radius 1 is 0.960 bits per heavy atom. The molecule has 1 aliphatic rings. The lowest BCUT2D eigenvalue weighted by atomic mass is 9.93. The summed E-state index contributed by atoms with van der Waals surface area (Å²) in [5.74, 6) is -3.51. The van der Waals surface area contributed by atoms with Gasteiger partial charge >= 0.3 is 11.9 Å². The van der Waals surface area contributed by atoms with Crippen molar-refractivity contribution in [3.05, 3.63) is 71.0 Å². The number of phenolic OH excluding ortho intramolecular Hbond substituents is 1. The number of fused-ring (bicyclic) bond motifs is 1. The van der Waals surface area contributed by atoms with Gasteiger partial charge in [0.15, 0.2) is 17.0 Å². The van der Waals surface area contributed by atoms with E-state index in [0.29, 0.717) is 23.3 Å². The zero-order valence-corrected chi connectivity index (χ0v) is 27.4. The molecule has 2 heterocycles. The fourth-order valence-electron chi connectivity index (χ4n) is 6.04. The number of nitrogen functional groups attached to an aromatic ring is 2. The van der Waals surface area contributed by atoms with E-state index in [1.807, 2.05) is 11.9 Å². The molecular weight excluding hydrogens is 646 g/mol. The number of carbonyl (C=O) groups is 4. The molecule has 2 atom stereocenters. The van der Waals surface area contributed by atoms with E-state index in [0.717, 1.165) is 36.9 Å². The van der Waals surface area contributed by atoms with Gasteiger partial charge in [-0.1, -0.05) is 25.0 Å². The van der Waals surface area contributed by atoms with Crippen LogP contribution in [-0.2, 0) is 27.3 Å². The standard InChI is InChI=1S/C34H39N9O7/c1-43(17-21-16-37-30-28(38-21)29(35)41-34(36)42-30)22-9-7-20(8-10-22)31(47)39-24(11-13-27(45)46)32(48)40-25(33(49)50)15-18-6-12-26(44)23(14-18)19-4-2-3-5-19/h6-10,12,14,16,19,24-25,44H,2-5,11,13,15,17H2,1H3,(H,39,47)(H,40,48)(H,45,46)(H,49,50)(H4,35,36,37,41,42)/t24-,25-/m0/s1. The molecule has 2 aromatic heterocycles. The Balaban J connectivity index is 1.24. The van der Waals surface area contributed by atoms with Gasteiger partial charge in [-0.2, -0.15) is 9.97 Å². The highest BCUT2D eigenvalue weighted by molar-refractivity contribution is 5.98. The molecule has 0 unspecified atom stereocenters. The lowest BCUT2D eigenvalue weighted by molar-refractivity contribution is -0.142. The third-order valence-corrected chi connectivity index (χ3v) is 8.68. The maximum absolute atomic E-state index is 13.3. The number of nitrogens with one attached hydrogen (secondary N) is 2. The van der Waals surface area contributed by atoms with Crippen LogP contribution < -0.4 is 27.0 Å². The fourth-order valence-corrected chi connectivity index (χ4v) is 6.04. The molecule has 0 aliphatic heterocycles. The number of hydrogen-bond acceptors (Lipinski definition) is 12. The van der Waals surface area contributed by atoms with Gasteiger partial charge in [0, 0.05) is 31.1 Å². The average molecular weight is 686 g/mol. The average Bonchev–Trinajstić information content (AvgIpc) is 3.62. The van der Waals surface area contributed by atoms with Gasteiger partial charge in [0.05, 0.1) is 18.4 Å². The quantitative estimate of drug-likeness (QED) is 0.101. The molecule has 0 radical (unpaired) electrons. The van der Waals surface area contributed by atoms with Gasteiger partial charge in [-0.15, -0.1) is 0 Å². The number of hydrogen-bond donors (Lipinski definition) is 7. The summed E-state index contributed by atoms with van der Waals surface area (Å²) in [5, 5.41) is 34.6. The van der Waals surface area contributed by atoms with Gasteiger partial charge in [0.25, 0.3) is 5.91 Å². The van der Waals surface area contributed by atoms with E-state index in [1.165, 1.54) is 6.07 Å². The summed E-state index contributed by atoms with van der Waals surface area (Å²) in [6.07, 6.45) is 4.74. The van der Waals surface area contributed by atoms with Crippen molar-refractivity contribution in [3.63, 3.8) is 0 Å². The number of anilines is 3. The van der Waals surface area contributed by atoms with Gasteiger partial charge in [-0.05, 0) is 66.6 Å². The monoisotopic (exact) mass is 685 g/mol. The molecule has 0 saturated heterocycles. The third-order valence-electron chi connectivity index (χ3n) is 8.68. The maximum atomic E-state index is 13.3. The number of carboxylic acid groups (broad SMARTS) is 2. The van der Waals surface area contributed by atoms with Gasteiger partial charge in [-0.25, -0.2) is 14.8 Å². The Labute approximate surface area is 287 Å². The van der Waals surface area contributed by atoms with Crippen LogP contribution in [-0.4, -0.2) is 78.1 Å². The van der Waals surface area contributed by atoms with E-state index in [-0.39, 0.29) is 47.5 Å². The Kier molecular flexibility index (Phi) is 10.9. The zero-order chi connectivity index (χ0) is 35.9. The number of aromatic hydroxyl groups is 1. The van der Waals surface area contributed by atoms with Crippen molar-refractivity contribution in [2.24, 2.45) is 0 Å². The van der Waals surface area contributed by atoms with Crippen molar-refractivity contribution in [1.29, 1.82) is 0 Å². The molecule has 2 amide bonds. The van der Waals surface area contributed by atoms with Crippen molar-refractivity contribution < 1.29 is 34.5 Å². The van der Waals surface area contributed by atoms with Crippen molar-refractivity contribution in [1.82, 2.24) is 30.6 Å². The minimum atomic E-state index is -1.36. The second-order valence-electron chi connectivity index (χ2n) is 12.3. The molecule has 0 spiro atoms. The topological polar surface area (TPSA) is 260 Å². The summed E-state index contributed by atoms with van der Waals surface area (Å²) in [6, 6.07) is 8.68. The molecule has 50 heavy (non-hydrogen) atoms. The highest BCUT2D eigenvalue weighted by Gasteiger charge is 2.28. The second kappa shape index (κ2) is 15.4. The van der Waals surface area contributed by atoms with Crippen LogP contribution in [0.2, 0.25) is 0 Å². The number of phenols is 1. The molecular formula is C34H39N9O7. The summed E-state index contributed by atoms with van der Waals surface area (Å²) in [5.41, 5.74) is 15.0. The van der Waals surface area contributed by atoms with Crippen LogP contribution in [0, 0.1) is 0 Å². The Morgan fingerprint density at radius 2 is 1.68 bits per heavy atom. The minimum absolute atomic E-state index is 0.00479. The molecule has 0 bridgehead atoms. The van der Waals surface area contributed by atoms with Crippen LogP contribution in [0.3, 0.4) is 0 Å². The molecule has 2 aromatic carbocycles. The van der Waals surface area contributed by atoms with Gasteiger partial charge in [0.2, 0.25) is 11.9 Å². The van der Waals surface area contributed by atoms with Crippen LogP contribution >= 0.6 is 0 Å². The summed E-state index contributed by atoms with van der Waals surface area (Å²) in [4.78, 5) is 68.6. The van der Waals surface area contributed by atoms with Crippen LogP contribution in [0.4, 0.5) is 17.5 Å². The lowest BCUT2D eigenvalue weighted by Crippen LogP contribution is -2.52. The first-order valence-electron chi connectivity index (χ1n) is 16.1. The van der Waals surface area contributed by atoms with Crippen LogP contribution in [0.25, 0.3) is 11.2 Å². The SMILES string of the molecule is CN(Cc1cnc2nc(N)nc(N)c2n1)c1ccc(C(=O)N[C@@H](CCC(=O)O)C(=O)N[C@@H](Cc2ccc(O)c(C3CCCC3)c2)C(=O)O)cc1. The molecule has 9 N–H and O–H groups in total. The van der Waals surface area contributed by atoms with Gasteiger partial charge in [0.1, 0.15) is 17.8 Å². The minimum Gasteiger partial charge on any atom is -0.508 e. The Hall–Kier alpha value is -6.06. The molecule has 16 heteroatoms. The molecule has 1 aliphatic carbocycles. The van der Waals surface area contributed by atoms with Gasteiger partial charge < -0.3 is 42.3 Å². The van der Waals surface area contributed by atoms with Crippen molar-refractivity contribution in [2.75, 3.05) is 23.4 Å². The largest absolute Gasteiger partial charge is 0.508 e. The first-order chi connectivity index (χ1) is 23.9. The number of aliphatic carboxylic acids is 2. The number of benzene rings is 2. The summed E-state index contributed by atoms with van der Waals surface area (Å²) < 4.78 is 0. The van der Waals surface area contributed by atoms with E-state index in [2.05, 4.69) is 30.6 Å². The van der Waals surface area contributed by atoms with E-state index in [4.69, 9.17) is 11.5 Å². The number of carbonyl (C=O) groups excluding carboxylic acids is 2. The summed E-state index contributed by atoms with van der Waals surface area (Å²) >= 11 is 0. The van der Waals surface area contributed by atoms with Crippen molar-refractivity contribution in [2.45, 2.75) is 69.5 Å². The number of carboxylic acids is 2. The number of nitrogens with zero attached hydrogens (tertiary/aromatic N) is 5. The van der Waals surface area contributed by atoms with Crippen LogP contribution in [0.1, 0.15) is 71.6 Å². The second-order valence-corrected chi connectivity index (χ2v) is 12.3. The molecule has 262 valence electrons. The van der Waals surface area contributed by atoms with E-state index in [9.17, 15) is 34.5 Å². The van der Waals surface area contributed by atoms with E-state index < -0.39 is 42.3 Å². The number of rotatable bonds is 14. The van der Waals surface area contributed by atoms with Gasteiger partial charge in [-0.3, -0.25) is 14.4 Å². The molecule has 1 fully saturated rings. The maximum Gasteiger partial charge on any atom is 0.326 e. The zero-order valence-electron chi connectivity index (χ0n) is 27.4. The first kappa shape index (κ1) is 35.3. The van der Waals surface area contributed by atoms with Crippen molar-refractivity contribution >= 4 is 52.4 Å². The van der Waals surface area contributed by atoms with Crippen LogP contribution in [0.5, 0.6) is 5.75 Å². The predicted octanol–water partition coefficient (Wildman–Crippen LogP) is 2.36. The fraction of sp³-hybridized carbons (Fsp3) is 0.353. The first-order valence-corrected chi connectivity index (χ1v) is 16.1. The normalized spacial score (nSPS) is 14.2. The number of aromatic nitrogens is 4. The van der Waals surface area contributed by atoms with Crippen molar-refractivity contribution in [3.8, 4) is 5.75 Å². The number of nitrogens with two attached hydrogens (primary N) is 2. The molecule has 16 nitrogen and oxygen atoms in total. The highest BCUT2D eigenvalue weighted by atomic mass is 16.4. The predicted molar refractivity (Wildman–Crippen MR) is 183 cm³/mol. The highest BCUT2D eigenvalue weighted by Crippen LogP contribution is 2.38. The van der Waals surface area contributed by atoms with E-state index in [1.54, 1.807) is 42.6 Å². The lowest BCUT2D eigenvalue weighted by Gasteiger charge is -2.22. The smallest absolute Gasteiger partial charge is 0.326 e. The number of amides is 2. The summed E-state index contributed by atoms with van der Waals surface area (Å²) in [6.45, 7) is 0.326. The van der Waals surface area contributed by atoms with E-state index >= 15 is 0 Å². The summed E-state index contributed by atoms with van der Waals surface area (Å²) in [7, 11) is 1.81. The Bertz CT molecular complexity index is 1900. The Morgan fingerprint density at radius 3 is 2.36 bits per heavy atom. The van der Waals surface area contributed by atoms with Crippen LogP contribution in [0.15, 0.2) is 48.7 Å². The molecule has 1 saturated carbocycles. The molecule has 5 rings (SSSR count). The third kappa shape index (κ3) is 8.69.